The number of benzene rings is 1. The molecule has 0 aliphatic carbocycles. The van der Waals surface area contributed by atoms with E-state index in [2.05, 4.69) is 21.8 Å². The second-order valence-corrected chi connectivity index (χ2v) is 8.84. The van der Waals surface area contributed by atoms with E-state index in [9.17, 15) is 4.79 Å². The van der Waals surface area contributed by atoms with Crippen LogP contribution in [-0.2, 0) is 11.3 Å². The third-order valence-corrected chi connectivity index (χ3v) is 5.23. The van der Waals surface area contributed by atoms with Crippen molar-refractivity contribution in [3.05, 3.63) is 24.4 Å². The number of rotatable bonds is 5. The van der Waals surface area contributed by atoms with Crippen molar-refractivity contribution in [3.8, 4) is 22.8 Å². The number of nitrogens with one attached hydrogen (secondary N) is 1. The van der Waals surface area contributed by atoms with Crippen LogP contribution in [0.5, 0.6) is 11.5 Å². The van der Waals surface area contributed by atoms with Crippen LogP contribution in [0.3, 0.4) is 0 Å². The van der Waals surface area contributed by atoms with Crippen LogP contribution in [0.25, 0.3) is 11.3 Å². The minimum atomic E-state index is -0.248. The quantitative estimate of drug-likeness (QED) is 0.789. The Hall–Kier alpha value is -2.15. The number of fused-ring (bicyclic) bond motifs is 1. The minimum absolute atomic E-state index is 0.0130. The summed E-state index contributed by atoms with van der Waals surface area (Å²) in [7, 11) is 0. The molecule has 0 bridgehead atoms. The SMILES string of the molecule is CCn1c(-c2ccc3c(c2)OCCO3)cnc1S[C@@H](C)C(=O)NC(C)(C)C. The van der Waals surface area contributed by atoms with Gasteiger partial charge in [0.1, 0.15) is 13.2 Å². The zero-order valence-electron chi connectivity index (χ0n) is 16.5. The molecule has 0 fully saturated rings. The average Bonchev–Trinajstić information content (AvgIpc) is 3.02. The highest BCUT2D eigenvalue weighted by molar-refractivity contribution is 8.00. The Morgan fingerprint density at radius 3 is 2.67 bits per heavy atom. The molecular weight excluding hydrogens is 362 g/mol. The zero-order valence-corrected chi connectivity index (χ0v) is 17.4. The third-order valence-electron chi connectivity index (χ3n) is 4.12. The fourth-order valence-electron chi connectivity index (χ4n) is 2.87. The Kier molecular flexibility index (Phi) is 5.69. The second-order valence-electron chi connectivity index (χ2n) is 7.53. The van der Waals surface area contributed by atoms with E-state index in [0.29, 0.717) is 13.2 Å². The van der Waals surface area contributed by atoms with Crippen LogP contribution >= 0.6 is 11.8 Å². The molecule has 146 valence electrons. The number of ether oxygens (including phenoxy) is 2. The first-order valence-corrected chi connectivity index (χ1v) is 10.1. The maximum Gasteiger partial charge on any atom is 0.233 e. The summed E-state index contributed by atoms with van der Waals surface area (Å²) in [6, 6.07) is 5.94. The zero-order chi connectivity index (χ0) is 19.6. The Morgan fingerprint density at radius 1 is 1.30 bits per heavy atom. The molecule has 0 saturated heterocycles. The van der Waals surface area contributed by atoms with Gasteiger partial charge in [0, 0.05) is 17.6 Å². The van der Waals surface area contributed by atoms with Crippen LogP contribution < -0.4 is 14.8 Å². The number of hydrogen-bond donors (Lipinski definition) is 1. The molecule has 0 saturated carbocycles. The lowest BCUT2D eigenvalue weighted by molar-refractivity contribution is -0.121. The summed E-state index contributed by atoms with van der Waals surface area (Å²) in [5.41, 5.74) is 1.77. The van der Waals surface area contributed by atoms with Crippen LogP contribution in [-0.4, -0.2) is 39.5 Å². The van der Waals surface area contributed by atoms with Crippen LogP contribution in [0, 0.1) is 0 Å². The molecule has 2 heterocycles. The number of aromatic nitrogens is 2. The number of nitrogens with zero attached hydrogens (tertiary/aromatic N) is 2. The molecule has 0 radical (unpaired) electrons. The first-order chi connectivity index (χ1) is 12.8. The van der Waals surface area contributed by atoms with E-state index in [1.807, 2.05) is 52.1 Å². The lowest BCUT2D eigenvalue weighted by Gasteiger charge is -2.23. The molecule has 0 unspecified atom stereocenters. The van der Waals surface area contributed by atoms with Gasteiger partial charge in [0.25, 0.3) is 0 Å². The van der Waals surface area contributed by atoms with Crippen molar-refractivity contribution in [3.63, 3.8) is 0 Å². The van der Waals surface area contributed by atoms with E-state index in [0.717, 1.165) is 34.5 Å². The van der Waals surface area contributed by atoms with E-state index in [1.165, 1.54) is 11.8 Å². The fourth-order valence-corrected chi connectivity index (χ4v) is 3.82. The van der Waals surface area contributed by atoms with E-state index >= 15 is 0 Å². The van der Waals surface area contributed by atoms with Gasteiger partial charge in [-0.1, -0.05) is 11.8 Å². The van der Waals surface area contributed by atoms with Gasteiger partial charge in [-0.05, 0) is 52.8 Å². The maximum absolute atomic E-state index is 12.4. The Bertz CT molecular complexity index is 826. The third kappa shape index (κ3) is 4.58. The predicted octanol–water partition coefficient (Wildman–Crippen LogP) is 3.74. The fraction of sp³-hybridized carbons (Fsp3) is 0.500. The molecule has 1 aromatic carbocycles. The molecule has 27 heavy (non-hydrogen) atoms. The van der Waals surface area contributed by atoms with Crippen molar-refractivity contribution in [1.82, 2.24) is 14.9 Å². The van der Waals surface area contributed by atoms with E-state index in [1.54, 1.807) is 0 Å². The summed E-state index contributed by atoms with van der Waals surface area (Å²) in [5.74, 6) is 1.54. The summed E-state index contributed by atoms with van der Waals surface area (Å²) in [6.45, 7) is 11.8. The number of thioether (sulfide) groups is 1. The molecular formula is C20H27N3O3S. The molecule has 1 amide bonds. The van der Waals surface area contributed by atoms with Crippen LogP contribution in [0.2, 0.25) is 0 Å². The average molecular weight is 390 g/mol. The van der Waals surface area contributed by atoms with Gasteiger partial charge in [-0.2, -0.15) is 0 Å². The second kappa shape index (κ2) is 7.84. The van der Waals surface area contributed by atoms with Gasteiger partial charge in [0.15, 0.2) is 16.7 Å². The van der Waals surface area contributed by atoms with Crippen LogP contribution in [0.15, 0.2) is 29.6 Å². The lowest BCUT2D eigenvalue weighted by Crippen LogP contribution is -2.44. The van der Waals surface area contributed by atoms with Gasteiger partial charge in [-0.25, -0.2) is 4.98 Å². The highest BCUT2D eigenvalue weighted by Crippen LogP contribution is 2.36. The number of hydrogen-bond acceptors (Lipinski definition) is 5. The summed E-state index contributed by atoms with van der Waals surface area (Å²) in [4.78, 5) is 17.0. The molecule has 3 rings (SSSR count). The molecule has 1 aliphatic rings. The molecule has 1 N–H and O–H groups in total. The first-order valence-electron chi connectivity index (χ1n) is 9.22. The molecule has 6 nitrogen and oxygen atoms in total. The van der Waals surface area contributed by atoms with Gasteiger partial charge in [-0.3, -0.25) is 4.79 Å². The lowest BCUT2D eigenvalue weighted by atomic mass is 10.1. The minimum Gasteiger partial charge on any atom is -0.486 e. The van der Waals surface area contributed by atoms with Crippen LogP contribution in [0.1, 0.15) is 34.6 Å². The number of imidazole rings is 1. The van der Waals surface area contributed by atoms with Gasteiger partial charge in [-0.15, -0.1) is 0 Å². The van der Waals surface area contributed by atoms with Crippen molar-refractivity contribution in [1.29, 1.82) is 0 Å². The Morgan fingerprint density at radius 2 is 2.00 bits per heavy atom. The summed E-state index contributed by atoms with van der Waals surface area (Å²) in [5, 5.41) is 3.62. The standard InChI is InChI=1S/C20H27N3O3S/c1-6-23-15(14-7-8-16-17(11-14)26-10-9-25-16)12-21-19(23)27-13(2)18(24)22-20(3,4)5/h7-8,11-13H,6,9-10H2,1-5H3,(H,22,24)/t13-/m0/s1. The molecule has 0 spiro atoms. The molecule has 7 heteroatoms. The number of amides is 1. The largest absolute Gasteiger partial charge is 0.486 e. The van der Waals surface area contributed by atoms with E-state index in [4.69, 9.17) is 9.47 Å². The maximum atomic E-state index is 12.4. The summed E-state index contributed by atoms with van der Waals surface area (Å²) >= 11 is 1.47. The molecule has 2 aromatic rings. The van der Waals surface area contributed by atoms with E-state index < -0.39 is 0 Å². The topological polar surface area (TPSA) is 65.4 Å². The smallest absolute Gasteiger partial charge is 0.233 e. The highest BCUT2D eigenvalue weighted by Gasteiger charge is 2.23. The predicted molar refractivity (Wildman–Crippen MR) is 108 cm³/mol. The van der Waals surface area contributed by atoms with Crippen molar-refractivity contribution in [2.75, 3.05) is 13.2 Å². The van der Waals surface area contributed by atoms with Gasteiger partial charge in [0.2, 0.25) is 5.91 Å². The highest BCUT2D eigenvalue weighted by atomic mass is 32.2. The van der Waals surface area contributed by atoms with Crippen molar-refractivity contribution in [2.45, 2.75) is 57.1 Å². The van der Waals surface area contributed by atoms with Crippen molar-refractivity contribution < 1.29 is 14.3 Å². The van der Waals surface area contributed by atoms with Crippen molar-refractivity contribution >= 4 is 17.7 Å². The van der Waals surface area contributed by atoms with Gasteiger partial charge < -0.3 is 19.4 Å². The van der Waals surface area contributed by atoms with Gasteiger partial charge >= 0.3 is 0 Å². The first kappa shape index (κ1) is 19.6. The Balaban J connectivity index is 1.82. The van der Waals surface area contributed by atoms with Crippen LogP contribution in [0.4, 0.5) is 0 Å². The summed E-state index contributed by atoms with van der Waals surface area (Å²) < 4.78 is 13.4. The van der Waals surface area contributed by atoms with Crippen molar-refractivity contribution in [2.24, 2.45) is 0 Å². The number of carbonyl (C=O) groups is 1. The monoisotopic (exact) mass is 389 g/mol. The molecule has 1 aliphatic heterocycles. The number of carbonyl (C=O) groups excluding carboxylic acids is 1. The molecule has 1 aromatic heterocycles. The normalized spacial score (nSPS) is 14.7. The van der Waals surface area contributed by atoms with E-state index in [-0.39, 0.29) is 16.7 Å². The summed E-state index contributed by atoms with van der Waals surface area (Å²) in [6.07, 6.45) is 1.85. The van der Waals surface area contributed by atoms with Gasteiger partial charge in [0.05, 0.1) is 17.1 Å². The Labute approximate surface area is 164 Å². The molecule has 1 atom stereocenters.